The zero-order chi connectivity index (χ0) is 32.7. The Labute approximate surface area is 268 Å². The highest BCUT2D eigenvalue weighted by atomic mass is 35.5. The van der Waals surface area contributed by atoms with E-state index in [0.29, 0.717) is 18.6 Å². The number of hydrogen-bond donors (Lipinski definition) is 5. The maximum absolute atomic E-state index is 13.5. The van der Waals surface area contributed by atoms with Gasteiger partial charge in [-0.15, -0.1) is 0 Å². The minimum atomic E-state index is -3.86. The average Bonchev–Trinajstić information content (AvgIpc) is 3.46. The molecule has 4 rings (SSSR count). The Balaban J connectivity index is 1.39. The highest BCUT2D eigenvalue weighted by Gasteiger charge is 2.84. The monoisotopic (exact) mass is 676 g/mol. The summed E-state index contributed by atoms with van der Waals surface area (Å²) in [5.41, 5.74) is -2.11. The molecular weight excluding hydrogens is 631 g/mol. The molecule has 0 spiro atoms. The van der Waals surface area contributed by atoms with Crippen LogP contribution in [-0.2, 0) is 23.1 Å². The summed E-state index contributed by atoms with van der Waals surface area (Å²) in [5.74, 6) is 0.233. The molecule has 1 saturated carbocycles. The lowest BCUT2D eigenvalue weighted by molar-refractivity contribution is -0.119. The third-order valence-corrected chi connectivity index (χ3v) is 12.4. The van der Waals surface area contributed by atoms with Gasteiger partial charge >= 0.3 is 7.75 Å². The lowest BCUT2D eigenvalue weighted by Crippen LogP contribution is -2.40. The number of halogens is 1. The van der Waals surface area contributed by atoms with E-state index in [9.17, 15) is 24.7 Å². The van der Waals surface area contributed by atoms with Gasteiger partial charge in [0.2, 0.25) is 0 Å². The lowest BCUT2D eigenvalue weighted by Gasteiger charge is -2.27. The number of carbonyl (C=O) groups is 1. The molecule has 3 heterocycles. The standard InChI is InChI=1S/C29H46ClN4O8PS/c1-16(2)34-43(39,40-11-12-44-26(37)27(4,5)15-35)41-14-20-24(36)29(38)23(28(29,6)42-20)18-8-9-19-17(3)7-10-21(31)33-25(30)22(19)32-13-18/h13,16-17,19-20,23-24,31,35-36,38H,7-12,14-15H2,1-6H3,(H,34,39). The van der Waals surface area contributed by atoms with Crippen LogP contribution in [0.15, 0.2) is 21.8 Å². The third-order valence-electron chi connectivity index (χ3n) is 9.06. The van der Waals surface area contributed by atoms with Crippen molar-refractivity contribution in [2.75, 3.05) is 25.6 Å². The van der Waals surface area contributed by atoms with Crippen molar-refractivity contribution in [1.82, 2.24) is 5.09 Å². The Bertz CT molecular complexity index is 1280. The number of ether oxygens (including phenoxy) is 1. The number of carbonyl (C=O) groups excluding carboxylic acids is 1. The number of aliphatic hydroxyl groups is 3. The Hall–Kier alpha value is -0.990. The van der Waals surface area contributed by atoms with Crippen LogP contribution < -0.4 is 5.09 Å². The Kier molecular flexibility index (Phi) is 11.1. The van der Waals surface area contributed by atoms with Gasteiger partial charge in [0.1, 0.15) is 29.2 Å². The molecule has 2 fully saturated rings. The molecule has 12 nitrogen and oxygen atoms in total. The van der Waals surface area contributed by atoms with Crippen LogP contribution in [0.1, 0.15) is 67.2 Å². The van der Waals surface area contributed by atoms with Gasteiger partial charge in [0.25, 0.3) is 0 Å². The molecule has 5 N–H and O–H groups in total. The fraction of sp³-hybridized carbons (Fsp3) is 0.793. The lowest BCUT2D eigenvalue weighted by atomic mass is 9.81. The van der Waals surface area contributed by atoms with Crippen molar-refractivity contribution in [3.05, 3.63) is 11.8 Å². The van der Waals surface area contributed by atoms with Gasteiger partial charge in [0.05, 0.1) is 30.9 Å². The van der Waals surface area contributed by atoms with Crippen molar-refractivity contribution in [1.29, 1.82) is 5.41 Å². The zero-order valence-corrected chi connectivity index (χ0v) is 28.7. The van der Waals surface area contributed by atoms with E-state index in [-0.39, 0.29) is 59.6 Å². The largest absolute Gasteiger partial charge is 0.405 e. The van der Waals surface area contributed by atoms with Crippen LogP contribution in [0, 0.1) is 28.6 Å². The molecule has 0 amide bonds. The van der Waals surface area contributed by atoms with E-state index in [2.05, 4.69) is 22.0 Å². The SMILES string of the molecule is CC(C)NP(=O)(OCCSC(=O)C(C)(C)CO)OCC1OC2(C)C(C3=CN=C4C(Cl)=NC(=N)CCC(C)C4CC3)C2(O)C1O. The smallest absolute Gasteiger partial charge is 0.395 e. The van der Waals surface area contributed by atoms with Crippen molar-refractivity contribution in [2.24, 2.45) is 33.2 Å². The predicted molar refractivity (Wildman–Crippen MR) is 171 cm³/mol. The summed E-state index contributed by atoms with van der Waals surface area (Å²) in [5, 5.41) is 43.1. The molecule has 4 aliphatic rings. The van der Waals surface area contributed by atoms with E-state index in [1.165, 1.54) is 0 Å². The molecule has 15 heteroatoms. The summed E-state index contributed by atoms with van der Waals surface area (Å²) in [6.07, 6.45) is 2.12. The van der Waals surface area contributed by atoms with Crippen LogP contribution in [0.2, 0.25) is 0 Å². The molecule has 0 aromatic carbocycles. The van der Waals surface area contributed by atoms with E-state index < -0.39 is 42.5 Å². The minimum Gasteiger partial charge on any atom is -0.395 e. The fourth-order valence-corrected chi connectivity index (χ4v) is 9.10. The van der Waals surface area contributed by atoms with E-state index in [0.717, 1.165) is 30.2 Å². The molecule has 0 aromatic rings. The summed E-state index contributed by atoms with van der Waals surface area (Å²) in [6, 6.07) is -0.259. The number of amidine groups is 1. The zero-order valence-electron chi connectivity index (χ0n) is 26.2. The second-order valence-electron chi connectivity index (χ2n) is 13.3. The van der Waals surface area contributed by atoms with Crippen molar-refractivity contribution in [2.45, 2.75) is 96.7 Å². The second kappa shape index (κ2) is 13.6. The number of aliphatic hydroxyl groups excluding tert-OH is 2. The predicted octanol–water partition coefficient (Wildman–Crippen LogP) is 4.06. The van der Waals surface area contributed by atoms with Gasteiger partial charge in [-0.05, 0) is 65.4 Å². The number of aliphatic imine (C=N–C) groups is 2. The van der Waals surface area contributed by atoms with Crippen LogP contribution >= 0.6 is 31.1 Å². The maximum atomic E-state index is 13.5. The minimum absolute atomic E-state index is 0.0567. The van der Waals surface area contributed by atoms with Crippen molar-refractivity contribution in [3.63, 3.8) is 0 Å². The van der Waals surface area contributed by atoms with E-state index in [1.807, 2.05) is 0 Å². The second-order valence-corrected chi connectivity index (χ2v) is 16.5. The summed E-state index contributed by atoms with van der Waals surface area (Å²) < 4.78 is 30.9. The first kappa shape index (κ1) is 35.9. The normalized spacial score (nSPS) is 35.4. The summed E-state index contributed by atoms with van der Waals surface area (Å²) in [6.45, 7) is 10.1. The molecule has 0 aromatic heterocycles. The Morgan fingerprint density at radius 2 is 2.05 bits per heavy atom. The van der Waals surface area contributed by atoms with Gasteiger partial charge in [-0.25, -0.2) is 14.6 Å². The number of nitrogens with zero attached hydrogens (tertiary/aromatic N) is 2. The van der Waals surface area contributed by atoms with Gasteiger partial charge in [-0.2, -0.15) is 0 Å². The van der Waals surface area contributed by atoms with Crippen molar-refractivity contribution >= 4 is 52.9 Å². The molecule has 1 aliphatic carbocycles. The first-order valence-electron chi connectivity index (χ1n) is 15.1. The van der Waals surface area contributed by atoms with E-state index >= 15 is 0 Å². The van der Waals surface area contributed by atoms with Gasteiger partial charge in [0, 0.05) is 36.3 Å². The highest BCUT2D eigenvalue weighted by Crippen LogP contribution is 2.68. The van der Waals surface area contributed by atoms with Gasteiger partial charge in [-0.3, -0.25) is 24.2 Å². The van der Waals surface area contributed by atoms with Gasteiger partial charge in [-0.1, -0.05) is 30.3 Å². The topological polar surface area (TPSA) is 183 Å². The maximum Gasteiger partial charge on any atom is 0.405 e. The molecule has 3 aliphatic heterocycles. The number of fused-ring (bicyclic) bond motifs is 2. The van der Waals surface area contributed by atoms with E-state index in [1.54, 1.807) is 40.8 Å². The third kappa shape index (κ3) is 7.12. The quantitative estimate of drug-likeness (QED) is 0.149. The molecule has 8 atom stereocenters. The average molecular weight is 677 g/mol. The number of rotatable bonds is 12. The molecule has 1 saturated heterocycles. The summed E-state index contributed by atoms with van der Waals surface area (Å²) in [4.78, 5) is 21.1. The highest BCUT2D eigenvalue weighted by molar-refractivity contribution is 8.13. The van der Waals surface area contributed by atoms with Crippen LogP contribution in [0.25, 0.3) is 0 Å². The van der Waals surface area contributed by atoms with Crippen molar-refractivity contribution in [3.8, 4) is 0 Å². The number of thioether (sulfide) groups is 1. The molecular formula is C29H46ClN4O8PS. The fourth-order valence-electron chi connectivity index (χ4n) is 6.35. The van der Waals surface area contributed by atoms with Crippen LogP contribution in [0.4, 0.5) is 0 Å². The molecule has 44 heavy (non-hydrogen) atoms. The summed E-state index contributed by atoms with van der Waals surface area (Å²) >= 11 is 7.45. The molecule has 0 bridgehead atoms. The van der Waals surface area contributed by atoms with E-state index in [4.69, 9.17) is 30.8 Å². The van der Waals surface area contributed by atoms with Gasteiger partial charge < -0.3 is 20.1 Å². The van der Waals surface area contributed by atoms with Gasteiger partial charge in [0.15, 0.2) is 10.3 Å². The Morgan fingerprint density at radius 3 is 2.66 bits per heavy atom. The van der Waals surface area contributed by atoms with Crippen LogP contribution in [0.5, 0.6) is 0 Å². The first-order chi connectivity index (χ1) is 20.5. The first-order valence-corrected chi connectivity index (χ1v) is 18.0. The Morgan fingerprint density at radius 1 is 1.34 bits per heavy atom. The van der Waals surface area contributed by atoms with Crippen LogP contribution in [0.3, 0.4) is 0 Å². The number of hydrogen-bond acceptors (Lipinski definition) is 11. The molecule has 8 unspecified atom stereocenters. The molecule has 0 radical (unpaired) electrons. The number of nitrogens with one attached hydrogen (secondary N) is 2. The van der Waals surface area contributed by atoms with Crippen molar-refractivity contribution < 1.29 is 38.5 Å². The molecule has 248 valence electrons. The summed E-state index contributed by atoms with van der Waals surface area (Å²) in [7, 11) is -3.86. The van der Waals surface area contributed by atoms with Crippen LogP contribution in [-0.4, -0.2) is 92.2 Å².